The first kappa shape index (κ1) is 11.4. The van der Waals surface area contributed by atoms with Crippen LogP contribution in [-0.4, -0.2) is 37.1 Å². The van der Waals surface area contributed by atoms with Gasteiger partial charge in [0.1, 0.15) is 0 Å². The quantitative estimate of drug-likeness (QED) is 0.703. The number of nitrogens with one attached hydrogen (secondary N) is 1. The van der Waals surface area contributed by atoms with Crippen molar-refractivity contribution < 1.29 is 0 Å². The Hall–Kier alpha value is -0.0800. The average Bonchev–Trinajstić information content (AvgIpc) is 2.62. The summed E-state index contributed by atoms with van der Waals surface area (Å²) >= 11 is 0. The molecule has 0 aromatic rings. The zero-order chi connectivity index (χ0) is 10.7. The van der Waals surface area contributed by atoms with E-state index in [4.69, 9.17) is 0 Å². The molecule has 0 radical (unpaired) electrons. The Morgan fingerprint density at radius 2 is 1.87 bits per heavy atom. The third-order valence-corrected chi connectivity index (χ3v) is 4.41. The number of hydrogen-bond acceptors (Lipinski definition) is 2. The highest BCUT2D eigenvalue weighted by Gasteiger charge is 2.30. The van der Waals surface area contributed by atoms with Crippen LogP contribution in [-0.2, 0) is 0 Å². The van der Waals surface area contributed by atoms with Crippen molar-refractivity contribution in [1.82, 2.24) is 10.2 Å². The van der Waals surface area contributed by atoms with Crippen molar-refractivity contribution in [1.29, 1.82) is 0 Å². The van der Waals surface area contributed by atoms with Gasteiger partial charge in [-0.3, -0.25) is 4.90 Å². The van der Waals surface area contributed by atoms with Crippen LogP contribution in [0.5, 0.6) is 0 Å². The second-order valence-corrected chi connectivity index (χ2v) is 5.45. The molecule has 1 saturated carbocycles. The minimum Gasteiger partial charge on any atom is -0.316 e. The van der Waals surface area contributed by atoms with Gasteiger partial charge in [-0.2, -0.15) is 0 Å². The molecule has 1 aliphatic heterocycles. The third-order valence-electron chi connectivity index (χ3n) is 4.41. The predicted octanol–water partition coefficient (Wildman–Crippen LogP) is 2.25. The number of hydrogen-bond donors (Lipinski definition) is 1. The van der Waals surface area contributed by atoms with Gasteiger partial charge in [0.2, 0.25) is 0 Å². The van der Waals surface area contributed by atoms with Crippen molar-refractivity contribution in [3.63, 3.8) is 0 Å². The van der Waals surface area contributed by atoms with Gasteiger partial charge in [-0.25, -0.2) is 0 Å². The third kappa shape index (κ3) is 2.73. The molecule has 0 spiro atoms. The summed E-state index contributed by atoms with van der Waals surface area (Å²) in [5, 5.41) is 3.42. The maximum absolute atomic E-state index is 3.42. The molecule has 0 aromatic heterocycles. The fraction of sp³-hybridized carbons (Fsp3) is 1.00. The Kier molecular flexibility index (Phi) is 4.04. The van der Waals surface area contributed by atoms with Crippen LogP contribution >= 0.6 is 0 Å². The molecular formula is C13H26N2. The van der Waals surface area contributed by atoms with Gasteiger partial charge in [0.15, 0.2) is 0 Å². The summed E-state index contributed by atoms with van der Waals surface area (Å²) in [6.07, 6.45) is 8.61. The van der Waals surface area contributed by atoms with E-state index in [0.717, 1.165) is 18.0 Å². The lowest BCUT2D eigenvalue weighted by Crippen LogP contribution is -2.39. The van der Waals surface area contributed by atoms with E-state index in [1.807, 2.05) is 0 Å². The standard InChI is InChI=1S/C13H26N2/c1-11-6-4-3-5-7-13(11)15-9-8-12(10-15)14-2/h11-14H,3-10H2,1-2H3. The van der Waals surface area contributed by atoms with Crippen molar-refractivity contribution >= 4 is 0 Å². The first-order chi connectivity index (χ1) is 7.31. The largest absolute Gasteiger partial charge is 0.316 e. The first-order valence-electron chi connectivity index (χ1n) is 6.72. The molecule has 3 atom stereocenters. The van der Waals surface area contributed by atoms with E-state index >= 15 is 0 Å². The van der Waals surface area contributed by atoms with E-state index in [2.05, 4.69) is 24.2 Å². The molecule has 1 aliphatic carbocycles. The molecule has 1 heterocycles. The summed E-state index contributed by atoms with van der Waals surface area (Å²) in [7, 11) is 2.10. The average molecular weight is 210 g/mol. The summed E-state index contributed by atoms with van der Waals surface area (Å²) in [6.45, 7) is 5.06. The van der Waals surface area contributed by atoms with E-state index in [-0.39, 0.29) is 0 Å². The number of likely N-dealkylation sites (tertiary alicyclic amines) is 1. The van der Waals surface area contributed by atoms with Gasteiger partial charge in [0, 0.05) is 25.2 Å². The molecule has 2 heteroatoms. The van der Waals surface area contributed by atoms with E-state index in [0.29, 0.717) is 0 Å². The first-order valence-corrected chi connectivity index (χ1v) is 6.72. The van der Waals surface area contributed by atoms with Crippen LogP contribution in [0.2, 0.25) is 0 Å². The monoisotopic (exact) mass is 210 g/mol. The lowest BCUT2D eigenvalue weighted by Gasteiger charge is -2.31. The van der Waals surface area contributed by atoms with Crippen LogP contribution in [0.25, 0.3) is 0 Å². The van der Waals surface area contributed by atoms with Gasteiger partial charge < -0.3 is 5.32 Å². The van der Waals surface area contributed by atoms with Crippen LogP contribution in [0.15, 0.2) is 0 Å². The van der Waals surface area contributed by atoms with Gasteiger partial charge in [0.25, 0.3) is 0 Å². The highest BCUT2D eigenvalue weighted by atomic mass is 15.2. The Morgan fingerprint density at radius 3 is 2.60 bits per heavy atom. The van der Waals surface area contributed by atoms with E-state index in [1.54, 1.807) is 0 Å². The molecule has 88 valence electrons. The number of nitrogens with zero attached hydrogens (tertiary/aromatic N) is 1. The lowest BCUT2D eigenvalue weighted by atomic mass is 9.96. The number of rotatable bonds is 2. The molecule has 0 aromatic carbocycles. The second-order valence-electron chi connectivity index (χ2n) is 5.45. The summed E-state index contributed by atoms with van der Waals surface area (Å²) in [4.78, 5) is 2.75. The van der Waals surface area contributed by atoms with Crippen LogP contribution in [0, 0.1) is 5.92 Å². The van der Waals surface area contributed by atoms with Crippen LogP contribution < -0.4 is 5.32 Å². The molecule has 3 unspecified atom stereocenters. The Bertz CT molecular complexity index is 193. The maximum Gasteiger partial charge on any atom is 0.0204 e. The minimum atomic E-state index is 0.750. The molecule has 1 N–H and O–H groups in total. The van der Waals surface area contributed by atoms with Crippen molar-refractivity contribution in [2.75, 3.05) is 20.1 Å². The lowest BCUT2D eigenvalue weighted by molar-refractivity contribution is 0.170. The van der Waals surface area contributed by atoms with Gasteiger partial charge in [-0.15, -0.1) is 0 Å². The Morgan fingerprint density at radius 1 is 1.07 bits per heavy atom. The molecule has 15 heavy (non-hydrogen) atoms. The Labute approximate surface area is 94.4 Å². The topological polar surface area (TPSA) is 15.3 Å². The SMILES string of the molecule is CNC1CCN(C2CCCCCC2C)C1. The summed E-state index contributed by atoms with van der Waals surface area (Å²) < 4.78 is 0. The molecule has 2 fully saturated rings. The van der Waals surface area contributed by atoms with Crippen molar-refractivity contribution in [3.8, 4) is 0 Å². The normalized spacial score (nSPS) is 39.2. The fourth-order valence-corrected chi connectivity index (χ4v) is 3.34. The summed E-state index contributed by atoms with van der Waals surface area (Å²) in [5.41, 5.74) is 0. The summed E-state index contributed by atoms with van der Waals surface area (Å²) in [6, 6.07) is 1.63. The van der Waals surface area contributed by atoms with Gasteiger partial charge in [-0.05, 0) is 32.2 Å². The van der Waals surface area contributed by atoms with Crippen LogP contribution in [0.3, 0.4) is 0 Å². The molecule has 0 bridgehead atoms. The van der Waals surface area contributed by atoms with Gasteiger partial charge in [0.05, 0.1) is 0 Å². The predicted molar refractivity (Wildman–Crippen MR) is 65.1 cm³/mol. The van der Waals surface area contributed by atoms with Gasteiger partial charge >= 0.3 is 0 Å². The zero-order valence-corrected chi connectivity index (χ0v) is 10.3. The maximum atomic E-state index is 3.42. The Balaban J connectivity index is 1.90. The van der Waals surface area contributed by atoms with E-state index < -0.39 is 0 Å². The highest BCUT2D eigenvalue weighted by Crippen LogP contribution is 2.29. The highest BCUT2D eigenvalue weighted by molar-refractivity contribution is 4.87. The van der Waals surface area contributed by atoms with Gasteiger partial charge in [-0.1, -0.05) is 26.2 Å². The molecular weight excluding hydrogens is 184 g/mol. The molecule has 0 amide bonds. The van der Waals surface area contributed by atoms with Crippen LogP contribution in [0.1, 0.15) is 45.4 Å². The zero-order valence-electron chi connectivity index (χ0n) is 10.3. The molecule has 2 rings (SSSR count). The molecule has 2 nitrogen and oxygen atoms in total. The van der Waals surface area contributed by atoms with E-state index in [9.17, 15) is 0 Å². The number of likely N-dealkylation sites (N-methyl/N-ethyl adjacent to an activating group) is 1. The fourth-order valence-electron chi connectivity index (χ4n) is 3.34. The van der Waals surface area contributed by atoms with Crippen molar-refractivity contribution in [3.05, 3.63) is 0 Å². The summed E-state index contributed by atoms with van der Waals surface area (Å²) in [5.74, 6) is 0.920. The van der Waals surface area contributed by atoms with Crippen LogP contribution in [0.4, 0.5) is 0 Å². The molecule has 1 saturated heterocycles. The van der Waals surface area contributed by atoms with Crippen molar-refractivity contribution in [2.24, 2.45) is 5.92 Å². The van der Waals surface area contributed by atoms with E-state index in [1.165, 1.54) is 51.6 Å². The smallest absolute Gasteiger partial charge is 0.0204 e. The molecule has 2 aliphatic rings. The second kappa shape index (κ2) is 5.31. The minimum absolute atomic E-state index is 0.750. The van der Waals surface area contributed by atoms with Crippen molar-refractivity contribution in [2.45, 2.75) is 57.5 Å².